The lowest BCUT2D eigenvalue weighted by Gasteiger charge is -2.03. The number of hydrogen-bond acceptors (Lipinski definition) is 6. The molecule has 2 aromatic heterocycles. The van der Waals surface area contributed by atoms with Crippen molar-refractivity contribution in [3.8, 4) is 5.69 Å². The molecule has 0 atom stereocenters. The molecule has 25 heavy (non-hydrogen) atoms. The number of nitrogens with one attached hydrogen (secondary N) is 1. The topological polar surface area (TPSA) is 90.0 Å². The largest absolute Gasteiger partial charge is 0.318 e. The Balaban J connectivity index is 1.62. The molecule has 0 aliphatic carbocycles. The number of fused-ring (bicyclic) bond motifs is 1. The van der Waals surface area contributed by atoms with Gasteiger partial charge in [-0.1, -0.05) is 29.5 Å². The number of benzene rings is 2. The number of aryl methyl sites for hydroxylation is 1. The Bertz CT molecular complexity index is 1110. The maximum atomic E-state index is 12.4. The van der Waals surface area contributed by atoms with Gasteiger partial charge in [-0.25, -0.2) is 10.1 Å². The highest BCUT2D eigenvalue weighted by Gasteiger charge is 2.08. The molecule has 0 fully saturated rings. The lowest BCUT2D eigenvalue weighted by Crippen LogP contribution is -2.23. The molecule has 0 radical (unpaired) electrons. The Morgan fingerprint density at radius 1 is 1.20 bits per heavy atom. The summed E-state index contributed by atoms with van der Waals surface area (Å²) in [6.07, 6.45) is 1.47. The van der Waals surface area contributed by atoms with Crippen LogP contribution in [0.3, 0.4) is 0 Å². The van der Waals surface area contributed by atoms with Gasteiger partial charge in [-0.2, -0.15) is 0 Å². The molecule has 4 rings (SSSR count). The quantitative estimate of drug-likeness (QED) is 0.566. The first kappa shape index (κ1) is 15.2. The van der Waals surface area contributed by atoms with Crippen molar-refractivity contribution in [1.29, 1.82) is 0 Å². The molecule has 1 N–H and O–H groups in total. The van der Waals surface area contributed by atoms with Gasteiger partial charge in [0.25, 0.3) is 5.91 Å². The van der Waals surface area contributed by atoms with Crippen LogP contribution in [0.4, 0.5) is 0 Å². The summed E-state index contributed by atoms with van der Waals surface area (Å²) in [5.41, 5.74) is 4.85. The Hall–Kier alpha value is -3.33. The standard InChI is InChI=1S/C16H13N7OS/c1-22-13-7-2-3-8-14(13)25-16(22)19-18-15(24)11-5-4-6-12(9-11)23-10-17-20-21-23/h2-10H,1H3,(H,18,24)/b19-16-. The van der Waals surface area contributed by atoms with Crippen molar-refractivity contribution in [2.75, 3.05) is 0 Å². The Morgan fingerprint density at radius 3 is 2.88 bits per heavy atom. The predicted molar refractivity (Wildman–Crippen MR) is 93.0 cm³/mol. The van der Waals surface area contributed by atoms with Crippen LogP contribution in [-0.4, -0.2) is 30.7 Å². The number of amides is 1. The van der Waals surface area contributed by atoms with Crippen LogP contribution in [0.1, 0.15) is 10.4 Å². The van der Waals surface area contributed by atoms with Crippen LogP contribution >= 0.6 is 11.3 Å². The number of tetrazole rings is 1. The van der Waals surface area contributed by atoms with E-state index in [1.54, 1.807) is 18.2 Å². The van der Waals surface area contributed by atoms with E-state index in [2.05, 4.69) is 26.1 Å². The van der Waals surface area contributed by atoms with Gasteiger partial charge in [0.05, 0.1) is 15.9 Å². The molecule has 4 aromatic rings. The number of carbonyl (C=O) groups excluding carboxylic acids is 1. The van der Waals surface area contributed by atoms with Crippen molar-refractivity contribution < 1.29 is 4.79 Å². The van der Waals surface area contributed by atoms with E-state index in [-0.39, 0.29) is 5.91 Å². The third kappa shape index (κ3) is 2.92. The lowest BCUT2D eigenvalue weighted by atomic mass is 10.2. The van der Waals surface area contributed by atoms with Gasteiger partial charge in [0.2, 0.25) is 4.80 Å². The molecular weight excluding hydrogens is 338 g/mol. The fraction of sp³-hybridized carbons (Fsp3) is 0.0625. The average molecular weight is 351 g/mol. The summed E-state index contributed by atoms with van der Waals surface area (Å²) < 4.78 is 4.54. The van der Waals surface area contributed by atoms with Crippen molar-refractivity contribution in [3.05, 3.63) is 65.2 Å². The van der Waals surface area contributed by atoms with Crippen LogP contribution in [0.15, 0.2) is 60.0 Å². The molecule has 0 saturated heterocycles. The zero-order chi connectivity index (χ0) is 17.2. The molecule has 0 unspecified atom stereocenters. The summed E-state index contributed by atoms with van der Waals surface area (Å²) in [5, 5.41) is 15.2. The van der Waals surface area contributed by atoms with Crippen LogP contribution in [0.2, 0.25) is 0 Å². The normalized spacial score (nSPS) is 11.8. The maximum absolute atomic E-state index is 12.4. The molecule has 8 nitrogen and oxygen atoms in total. The molecule has 9 heteroatoms. The van der Waals surface area contributed by atoms with Gasteiger partial charge in [-0.3, -0.25) is 4.79 Å². The zero-order valence-electron chi connectivity index (χ0n) is 13.2. The van der Waals surface area contributed by atoms with Gasteiger partial charge in [0, 0.05) is 12.6 Å². The van der Waals surface area contributed by atoms with Gasteiger partial charge < -0.3 is 4.57 Å². The Labute approximate surface area is 146 Å². The van der Waals surface area contributed by atoms with Crippen molar-refractivity contribution >= 4 is 27.5 Å². The SMILES string of the molecule is Cn1/c(=N/NC(=O)c2cccc(-n3cnnn3)c2)sc2ccccc21. The maximum Gasteiger partial charge on any atom is 0.271 e. The number of nitrogens with zero attached hydrogens (tertiary/aromatic N) is 6. The van der Waals surface area contributed by atoms with Crippen LogP contribution in [0.25, 0.3) is 15.9 Å². The van der Waals surface area contributed by atoms with E-state index in [1.165, 1.54) is 22.3 Å². The van der Waals surface area contributed by atoms with Gasteiger partial charge in [-0.05, 0) is 40.8 Å². The van der Waals surface area contributed by atoms with Gasteiger partial charge >= 0.3 is 0 Å². The number of thiazole rings is 1. The predicted octanol–water partition coefficient (Wildman–Crippen LogP) is 1.46. The number of aromatic nitrogens is 5. The van der Waals surface area contributed by atoms with Crippen molar-refractivity contribution in [2.24, 2.45) is 12.1 Å². The first-order valence-corrected chi connectivity index (χ1v) is 8.26. The summed E-state index contributed by atoms with van der Waals surface area (Å²) in [6, 6.07) is 15.0. The Morgan fingerprint density at radius 2 is 2.08 bits per heavy atom. The summed E-state index contributed by atoms with van der Waals surface area (Å²) in [7, 11) is 1.92. The van der Waals surface area contributed by atoms with E-state index in [1.807, 2.05) is 41.9 Å². The van der Waals surface area contributed by atoms with E-state index in [9.17, 15) is 4.79 Å². The summed E-state index contributed by atoms with van der Waals surface area (Å²) in [4.78, 5) is 13.1. The second-order valence-electron chi connectivity index (χ2n) is 5.27. The lowest BCUT2D eigenvalue weighted by molar-refractivity contribution is 0.0953. The fourth-order valence-corrected chi connectivity index (χ4v) is 3.40. The third-order valence-electron chi connectivity index (χ3n) is 3.69. The van der Waals surface area contributed by atoms with Crippen LogP contribution in [-0.2, 0) is 7.05 Å². The van der Waals surface area contributed by atoms with E-state index in [0.29, 0.717) is 16.1 Å². The molecule has 2 aromatic carbocycles. The molecule has 0 aliphatic heterocycles. The summed E-state index contributed by atoms with van der Waals surface area (Å²) >= 11 is 1.51. The number of rotatable bonds is 3. The third-order valence-corrected chi connectivity index (χ3v) is 4.80. The van der Waals surface area contributed by atoms with Crippen LogP contribution in [0, 0.1) is 0 Å². The molecule has 0 aliphatic rings. The minimum atomic E-state index is -0.299. The van der Waals surface area contributed by atoms with E-state index < -0.39 is 0 Å². The van der Waals surface area contributed by atoms with Crippen LogP contribution in [0.5, 0.6) is 0 Å². The monoisotopic (exact) mass is 351 g/mol. The first-order valence-electron chi connectivity index (χ1n) is 7.44. The number of para-hydroxylation sites is 1. The molecular formula is C16H13N7OS. The number of hydrogen-bond donors (Lipinski definition) is 1. The van der Waals surface area contributed by atoms with Crippen molar-refractivity contribution in [3.63, 3.8) is 0 Å². The first-order chi connectivity index (χ1) is 12.2. The average Bonchev–Trinajstić information content (AvgIpc) is 3.29. The highest BCUT2D eigenvalue weighted by molar-refractivity contribution is 7.16. The molecule has 2 heterocycles. The highest BCUT2D eigenvalue weighted by atomic mass is 32.1. The minimum Gasteiger partial charge on any atom is -0.318 e. The highest BCUT2D eigenvalue weighted by Crippen LogP contribution is 2.15. The molecule has 0 saturated carbocycles. The second kappa shape index (κ2) is 6.29. The fourth-order valence-electron chi connectivity index (χ4n) is 2.42. The van der Waals surface area contributed by atoms with Crippen LogP contribution < -0.4 is 10.2 Å². The number of carbonyl (C=O) groups is 1. The van der Waals surface area contributed by atoms with Crippen molar-refractivity contribution in [1.82, 2.24) is 30.2 Å². The molecule has 124 valence electrons. The molecule has 1 amide bonds. The zero-order valence-corrected chi connectivity index (χ0v) is 14.0. The second-order valence-corrected chi connectivity index (χ2v) is 6.28. The smallest absolute Gasteiger partial charge is 0.271 e. The molecule has 0 bridgehead atoms. The molecule has 0 spiro atoms. The minimum absolute atomic E-state index is 0.299. The van der Waals surface area contributed by atoms with Gasteiger partial charge in [0.15, 0.2) is 0 Å². The van der Waals surface area contributed by atoms with E-state index >= 15 is 0 Å². The van der Waals surface area contributed by atoms with Crippen molar-refractivity contribution in [2.45, 2.75) is 0 Å². The summed E-state index contributed by atoms with van der Waals surface area (Å²) in [5.74, 6) is -0.299. The Kier molecular flexibility index (Phi) is 3.82. The van der Waals surface area contributed by atoms with E-state index in [0.717, 1.165) is 10.2 Å². The van der Waals surface area contributed by atoms with Gasteiger partial charge in [-0.15, -0.1) is 10.2 Å². The van der Waals surface area contributed by atoms with E-state index in [4.69, 9.17) is 0 Å². The summed E-state index contributed by atoms with van der Waals surface area (Å²) in [6.45, 7) is 0. The van der Waals surface area contributed by atoms with Gasteiger partial charge in [0.1, 0.15) is 6.33 Å².